The van der Waals surface area contributed by atoms with Crippen molar-refractivity contribution < 1.29 is 27.5 Å². The first-order chi connectivity index (χ1) is 16.6. The summed E-state index contributed by atoms with van der Waals surface area (Å²) >= 11 is 12.0. The zero-order valence-corrected chi connectivity index (χ0v) is 20.0. The summed E-state index contributed by atoms with van der Waals surface area (Å²) in [4.78, 5) is 18.0. The third-order valence-corrected chi connectivity index (χ3v) is 6.05. The highest BCUT2D eigenvalue weighted by Crippen LogP contribution is 2.46. The van der Waals surface area contributed by atoms with Crippen molar-refractivity contribution in [3.63, 3.8) is 0 Å². The molecule has 2 atom stereocenters. The zero-order valence-electron chi connectivity index (χ0n) is 18.5. The van der Waals surface area contributed by atoms with E-state index in [1.165, 1.54) is 31.4 Å². The van der Waals surface area contributed by atoms with Crippen molar-refractivity contribution in [2.24, 2.45) is 11.1 Å². The van der Waals surface area contributed by atoms with E-state index >= 15 is 0 Å². The van der Waals surface area contributed by atoms with Crippen molar-refractivity contribution in [1.82, 2.24) is 0 Å². The Morgan fingerprint density at radius 2 is 1.74 bits per heavy atom. The number of alkyl halides is 3. The number of carbonyl (C=O) groups excluding carboxylic acids is 1. The average molecular weight is 523 g/mol. The second kappa shape index (κ2) is 9.79. The summed E-state index contributed by atoms with van der Waals surface area (Å²) in [5.74, 6) is -2.01. The lowest BCUT2D eigenvalue weighted by molar-refractivity contribution is -0.177. The van der Waals surface area contributed by atoms with Crippen LogP contribution in [-0.2, 0) is 4.84 Å². The van der Waals surface area contributed by atoms with Crippen LogP contribution in [0.25, 0.3) is 0 Å². The first-order valence-corrected chi connectivity index (χ1v) is 11.2. The van der Waals surface area contributed by atoms with E-state index in [0.29, 0.717) is 22.6 Å². The van der Waals surface area contributed by atoms with Gasteiger partial charge >= 0.3 is 6.18 Å². The Morgan fingerprint density at radius 1 is 1.06 bits per heavy atom. The van der Waals surface area contributed by atoms with E-state index in [2.05, 4.69) is 10.5 Å². The number of benzene rings is 3. The summed E-state index contributed by atoms with van der Waals surface area (Å²) in [5.41, 5.74) is 1.14. The molecule has 0 unspecified atom stereocenters. The summed E-state index contributed by atoms with van der Waals surface area (Å²) in [7, 11) is 1.48. The number of carbonyl (C=O) groups is 1. The highest BCUT2D eigenvalue weighted by molar-refractivity contribution is 6.34. The number of amides is 1. The minimum atomic E-state index is -4.68. The molecular weight excluding hydrogens is 504 g/mol. The molecule has 5 nitrogen and oxygen atoms in total. The standard InChI is InChI=1S/C25H19Cl2F3N2O3/c1-13-19(7-4-8-20(13)31-24(33)14-5-3-6-18(11-14)34-2)22-21(25(28,29)30)23(35-32-22)15-9-16(26)12-17(27)10-15/h3-12,21,23H,1-2H3,(H,31,33)/t21-,23+/m0/s1. The lowest BCUT2D eigenvalue weighted by Gasteiger charge is -2.23. The average Bonchev–Trinajstić information content (AvgIpc) is 3.25. The predicted octanol–water partition coefficient (Wildman–Crippen LogP) is 7.22. The molecule has 182 valence electrons. The number of nitrogens with zero attached hydrogens (tertiary/aromatic N) is 1. The fourth-order valence-corrected chi connectivity index (χ4v) is 4.46. The van der Waals surface area contributed by atoms with Crippen LogP contribution in [0.2, 0.25) is 10.0 Å². The summed E-state index contributed by atoms with van der Waals surface area (Å²) in [6.45, 7) is 1.61. The van der Waals surface area contributed by atoms with Crippen LogP contribution >= 0.6 is 23.2 Å². The predicted molar refractivity (Wildman–Crippen MR) is 128 cm³/mol. The molecule has 0 radical (unpaired) electrons. The number of hydrogen-bond acceptors (Lipinski definition) is 4. The number of rotatable bonds is 5. The van der Waals surface area contributed by atoms with Gasteiger partial charge in [-0.1, -0.05) is 46.6 Å². The molecule has 0 saturated heterocycles. The van der Waals surface area contributed by atoms with Crippen LogP contribution in [0.4, 0.5) is 18.9 Å². The molecule has 0 aromatic heterocycles. The molecule has 1 aliphatic rings. The summed E-state index contributed by atoms with van der Waals surface area (Å²) in [5, 5.41) is 6.93. The lowest BCUT2D eigenvalue weighted by Crippen LogP contribution is -2.33. The van der Waals surface area contributed by atoms with Gasteiger partial charge < -0.3 is 14.9 Å². The first kappa shape index (κ1) is 24.9. The number of oxime groups is 1. The number of methoxy groups -OCH3 is 1. The minimum Gasteiger partial charge on any atom is -0.497 e. The Bertz CT molecular complexity index is 1290. The number of nitrogens with one attached hydrogen (secondary N) is 1. The molecule has 1 N–H and O–H groups in total. The van der Waals surface area contributed by atoms with Gasteiger partial charge in [-0.25, -0.2) is 0 Å². The zero-order chi connectivity index (χ0) is 25.3. The highest BCUT2D eigenvalue weighted by Gasteiger charge is 2.54. The molecule has 1 amide bonds. The summed E-state index contributed by atoms with van der Waals surface area (Å²) < 4.78 is 47.9. The van der Waals surface area contributed by atoms with Gasteiger partial charge in [0.1, 0.15) is 17.4 Å². The van der Waals surface area contributed by atoms with Gasteiger partial charge in [-0.15, -0.1) is 0 Å². The molecule has 3 aromatic rings. The maximum atomic E-state index is 14.3. The van der Waals surface area contributed by atoms with Crippen LogP contribution in [0.15, 0.2) is 65.8 Å². The lowest BCUT2D eigenvalue weighted by atomic mass is 9.86. The molecule has 35 heavy (non-hydrogen) atoms. The minimum absolute atomic E-state index is 0.156. The van der Waals surface area contributed by atoms with E-state index in [1.807, 2.05) is 0 Å². The highest BCUT2D eigenvalue weighted by atomic mass is 35.5. The van der Waals surface area contributed by atoms with Crippen LogP contribution in [0.5, 0.6) is 5.75 Å². The van der Waals surface area contributed by atoms with Gasteiger partial charge in [0.05, 0.1) is 7.11 Å². The molecule has 0 saturated carbocycles. The van der Waals surface area contributed by atoms with Gasteiger partial charge in [0.25, 0.3) is 5.91 Å². The van der Waals surface area contributed by atoms with Crippen LogP contribution in [0.1, 0.15) is 33.2 Å². The fraction of sp³-hybridized carbons (Fsp3) is 0.200. The second-order valence-electron chi connectivity index (χ2n) is 7.89. The van der Waals surface area contributed by atoms with Gasteiger partial charge in [-0.3, -0.25) is 4.79 Å². The van der Waals surface area contributed by atoms with Crippen molar-refractivity contribution in [2.45, 2.75) is 19.2 Å². The van der Waals surface area contributed by atoms with Crippen LogP contribution in [0.3, 0.4) is 0 Å². The van der Waals surface area contributed by atoms with Gasteiger partial charge in [0, 0.05) is 26.9 Å². The number of anilines is 1. The summed E-state index contributed by atoms with van der Waals surface area (Å²) in [6.07, 6.45) is -6.14. The number of hydrogen-bond donors (Lipinski definition) is 1. The van der Waals surface area contributed by atoms with E-state index in [-0.39, 0.29) is 26.9 Å². The normalized spacial score (nSPS) is 17.5. The molecule has 3 aromatic carbocycles. The van der Waals surface area contributed by atoms with Crippen LogP contribution < -0.4 is 10.1 Å². The molecule has 10 heteroatoms. The van der Waals surface area contributed by atoms with Crippen molar-refractivity contribution in [2.75, 3.05) is 12.4 Å². The van der Waals surface area contributed by atoms with Gasteiger partial charge in [0.2, 0.25) is 0 Å². The second-order valence-corrected chi connectivity index (χ2v) is 8.76. The van der Waals surface area contributed by atoms with Crippen LogP contribution in [0, 0.1) is 12.8 Å². The monoisotopic (exact) mass is 522 g/mol. The Balaban J connectivity index is 1.67. The molecule has 0 spiro atoms. The Morgan fingerprint density at radius 3 is 2.40 bits per heavy atom. The number of ether oxygens (including phenoxy) is 1. The van der Waals surface area contributed by atoms with Crippen molar-refractivity contribution in [3.8, 4) is 5.75 Å². The third kappa shape index (κ3) is 5.23. The first-order valence-electron chi connectivity index (χ1n) is 10.4. The SMILES string of the molecule is COc1cccc(C(=O)Nc2cccc(C3=NO[C@H](c4cc(Cl)cc(Cl)c4)[C@H]3C(F)(F)F)c2C)c1. The maximum absolute atomic E-state index is 14.3. The van der Waals surface area contributed by atoms with E-state index in [0.717, 1.165) is 0 Å². The molecular formula is C25H19Cl2F3N2O3. The van der Waals surface area contributed by atoms with Gasteiger partial charge in [0.15, 0.2) is 6.10 Å². The van der Waals surface area contributed by atoms with Crippen molar-refractivity contribution in [1.29, 1.82) is 0 Å². The maximum Gasteiger partial charge on any atom is 0.401 e. The molecule has 1 aliphatic heterocycles. The third-order valence-electron chi connectivity index (χ3n) is 5.62. The van der Waals surface area contributed by atoms with Gasteiger partial charge in [-0.2, -0.15) is 13.2 Å². The van der Waals surface area contributed by atoms with E-state index in [4.69, 9.17) is 32.8 Å². The van der Waals surface area contributed by atoms with E-state index in [9.17, 15) is 18.0 Å². The summed E-state index contributed by atoms with van der Waals surface area (Å²) in [6, 6.07) is 15.3. The van der Waals surface area contributed by atoms with E-state index < -0.39 is 24.1 Å². The van der Waals surface area contributed by atoms with E-state index in [1.54, 1.807) is 43.3 Å². The fourth-order valence-electron chi connectivity index (χ4n) is 3.92. The smallest absolute Gasteiger partial charge is 0.401 e. The molecule has 0 aliphatic carbocycles. The van der Waals surface area contributed by atoms with Crippen LogP contribution in [-0.4, -0.2) is 24.9 Å². The molecule has 4 rings (SSSR count). The van der Waals surface area contributed by atoms with Gasteiger partial charge in [-0.05, 0) is 60.5 Å². The largest absolute Gasteiger partial charge is 0.497 e. The molecule has 0 fully saturated rings. The Kier molecular flexibility index (Phi) is 6.96. The molecule has 0 bridgehead atoms. The van der Waals surface area contributed by atoms with Crippen molar-refractivity contribution in [3.05, 3.63) is 93.0 Å². The Labute approximate surface area is 209 Å². The Hall–Kier alpha value is -3.23. The molecule has 1 heterocycles. The quantitative estimate of drug-likeness (QED) is 0.384. The topological polar surface area (TPSA) is 59.9 Å². The number of halogens is 5. The van der Waals surface area contributed by atoms with Crippen molar-refractivity contribution >= 4 is 40.5 Å².